The quantitative estimate of drug-likeness (QED) is 0.203. The highest BCUT2D eigenvalue weighted by Crippen LogP contribution is 2.42. The molecule has 3 heteroatoms. The predicted octanol–water partition coefficient (Wildman–Crippen LogP) is 7.98. The van der Waals surface area contributed by atoms with Crippen LogP contribution in [0.15, 0.2) is 78.6 Å². The average Bonchev–Trinajstić information content (AvgIpc) is 2.96. The molecule has 0 saturated carbocycles. The van der Waals surface area contributed by atoms with Gasteiger partial charge in [0.1, 0.15) is 11.5 Å². The Hall–Kier alpha value is -3.46. The maximum absolute atomic E-state index is 9.75. The van der Waals surface area contributed by atoms with Crippen LogP contribution in [-0.4, -0.2) is 6.71 Å². The van der Waals surface area contributed by atoms with Gasteiger partial charge < -0.3 is 9.64 Å². The highest BCUT2D eigenvalue weighted by atomic mass is 16.5. The van der Waals surface area contributed by atoms with Crippen molar-refractivity contribution in [1.29, 1.82) is 0 Å². The first-order chi connectivity index (χ1) is 22.4. The number of fused-ring (bicyclic) bond motifs is 4. The molecule has 0 radical (unpaired) electrons. The highest BCUT2D eigenvalue weighted by Gasteiger charge is 2.42. The fraction of sp³-hybridized carbons (Fsp3) is 0.333. The zero-order valence-electron chi connectivity index (χ0n) is 34.2. The summed E-state index contributed by atoms with van der Waals surface area (Å²) < 4.78 is 98.9. The van der Waals surface area contributed by atoms with E-state index in [9.17, 15) is 8.22 Å². The third-order valence-corrected chi connectivity index (χ3v) is 7.30. The van der Waals surface area contributed by atoms with Gasteiger partial charge in [-0.2, -0.15) is 0 Å². The summed E-state index contributed by atoms with van der Waals surface area (Å²) in [6.07, 6.45) is 0. The predicted molar refractivity (Wildman–Crippen MR) is 168 cm³/mol. The molecule has 198 valence electrons. The molecule has 0 amide bonds. The average molecular weight is 524 g/mol. The van der Waals surface area contributed by atoms with Crippen LogP contribution in [0, 0.1) is 0 Å². The Morgan fingerprint density at radius 3 is 1.79 bits per heavy atom. The summed E-state index contributed by atoms with van der Waals surface area (Å²) in [6.45, 7) is 15.7. The Bertz CT molecular complexity index is 2100. The number of anilines is 3. The van der Waals surface area contributed by atoms with Crippen LogP contribution in [0.3, 0.4) is 0 Å². The standard InChI is InChI=1S/C36H40BNO/c1-34(2,3)23-13-17-26(18-14-23)38-29-19-15-24(35(4,5)6)21-27(29)37-28-22-25(36(7,8)9)16-20-31(28)39-32-12-10-11-30(38)33(32)37/h10-22H,1-9H3/i13D,14D,15D,16D,17D,18D,19D,20D,21D,22D. The summed E-state index contributed by atoms with van der Waals surface area (Å²) in [5.74, 6) is 0.315. The largest absolute Gasteiger partial charge is 0.458 e. The Kier molecular flexibility index (Phi) is 3.63. The molecule has 2 nitrogen and oxygen atoms in total. The second-order valence-corrected chi connectivity index (χ2v) is 13.5. The molecule has 0 spiro atoms. The van der Waals surface area contributed by atoms with Crippen LogP contribution < -0.4 is 26.0 Å². The van der Waals surface area contributed by atoms with Gasteiger partial charge in [0, 0.05) is 17.1 Å². The van der Waals surface area contributed by atoms with Gasteiger partial charge in [0.15, 0.2) is 0 Å². The lowest BCUT2D eigenvalue weighted by molar-refractivity contribution is 0.486. The van der Waals surface area contributed by atoms with Crippen molar-refractivity contribution in [3.8, 4) is 11.5 Å². The molecule has 2 heterocycles. The van der Waals surface area contributed by atoms with Crippen molar-refractivity contribution >= 4 is 40.2 Å². The van der Waals surface area contributed by atoms with Gasteiger partial charge in [-0.05, 0) is 85.6 Å². The maximum atomic E-state index is 9.75. The summed E-state index contributed by atoms with van der Waals surface area (Å²) in [5, 5.41) is 0. The van der Waals surface area contributed by atoms with E-state index in [-0.39, 0.29) is 94.0 Å². The summed E-state index contributed by atoms with van der Waals surface area (Å²) in [6, 6.07) is 3.15. The van der Waals surface area contributed by atoms with Gasteiger partial charge in [0.05, 0.1) is 13.7 Å². The van der Waals surface area contributed by atoms with E-state index in [0.29, 0.717) is 28.0 Å². The van der Waals surface area contributed by atoms with Crippen LogP contribution in [0.1, 0.15) is 92.7 Å². The second-order valence-electron chi connectivity index (χ2n) is 13.5. The van der Waals surface area contributed by atoms with Crippen LogP contribution in [0.25, 0.3) is 0 Å². The zero-order valence-corrected chi connectivity index (χ0v) is 24.2. The number of ether oxygens (including phenoxy) is 1. The van der Waals surface area contributed by atoms with E-state index in [4.69, 9.17) is 10.2 Å². The fourth-order valence-electron chi connectivity index (χ4n) is 5.04. The summed E-state index contributed by atoms with van der Waals surface area (Å²) in [7, 11) is 0. The van der Waals surface area contributed by atoms with E-state index in [1.165, 1.54) is 4.90 Å². The molecule has 0 atom stereocenters. The molecule has 0 N–H and O–H groups in total. The van der Waals surface area contributed by atoms with Crippen molar-refractivity contribution < 1.29 is 18.4 Å². The van der Waals surface area contributed by atoms with Crippen molar-refractivity contribution in [2.24, 2.45) is 0 Å². The monoisotopic (exact) mass is 523 g/mol. The number of rotatable bonds is 1. The molecule has 39 heavy (non-hydrogen) atoms. The van der Waals surface area contributed by atoms with Gasteiger partial charge >= 0.3 is 0 Å². The lowest BCUT2D eigenvalue weighted by atomic mass is 9.34. The lowest BCUT2D eigenvalue weighted by Gasteiger charge is -2.41. The Morgan fingerprint density at radius 1 is 0.615 bits per heavy atom. The number of nitrogens with zero attached hydrogens (tertiary/aromatic N) is 1. The molecule has 6 rings (SSSR count). The van der Waals surface area contributed by atoms with Crippen molar-refractivity contribution in [2.75, 3.05) is 4.90 Å². The number of hydrogen-bond donors (Lipinski definition) is 0. The molecule has 4 aromatic carbocycles. The van der Waals surface area contributed by atoms with Crippen molar-refractivity contribution in [2.45, 2.75) is 78.6 Å². The molecular formula is C36H40BNO. The molecular weight excluding hydrogens is 473 g/mol. The molecule has 0 fully saturated rings. The summed E-state index contributed by atoms with van der Waals surface area (Å²) in [5.41, 5.74) is 0.0266. The molecule has 0 bridgehead atoms. The first kappa shape index (κ1) is 16.6. The third-order valence-electron chi connectivity index (χ3n) is 7.30. The number of benzene rings is 4. The maximum Gasteiger partial charge on any atom is 0.256 e. The Labute approximate surface area is 249 Å². The van der Waals surface area contributed by atoms with E-state index >= 15 is 0 Å². The van der Waals surface area contributed by atoms with Gasteiger partial charge in [0.25, 0.3) is 6.71 Å². The molecule has 0 saturated heterocycles. The minimum atomic E-state index is -0.930. The summed E-state index contributed by atoms with van der Waals surface area (Å²) >= 11 is 0. The summed E-state index contributed by atoms with van der Waals surface area (Å²) in [4.78, 5) is 1.46. The Morgan fingerprint density at radius 2 is 1.18 bits per heavy atom. The van der Waals surface area contributed by atoms with E-state index in [1.807, 2.05) is 62.3 Å². The third kappa shape index (κ3) is 4.27. The number of hydrogen-bond acceptors (Lipinski definition) is 2. The first-order valence-corrected chi connectivity index (χ1v) is 13.4. The van der Waals surface area contributed by atoms with Crippen LogP contribution in [-0.2, 0) is 16.2 Å². The fourth-order valence-corrected chi connectivity index (χ4v) is 5.04. The van der Waals surface area contributed by atoms with E-state index in [0.717, 1.165) is 0 Å². The Balaban J connectivity index is 1.86. The van der Waals surface area contributed by atoms with Crippen LogP contribution in [0.2, 0.25) is 0 Å². The SMILES string of the molecule is [2H]c1c([2H])c(C(C)(C)C)c([2H])c2c1Oc1cccc3c1B2c1c([2H])c(C(C)(C)C)c([2H])c([2H])c1N3c1c([2H])c([2H])c(C(C)(C)C)c([2H])c1[2H]. The van der Waals surface area contributed by atoms with Crippen molar-refractivity contribution in [3.05, 3.63) is 95.3 Å². The van der Waals surface area contributed by atoms with Crippen LogP contribution >= 0.6 is 0 Å². The van der Waals surface area contributed by atoms with E-state index in [1.54, 1.807) is 18.2 Å². The minimum Gasteiger partial charge on any atom is -0.458 e. The van der Waals surface area contributed by atoms with Gasteiger partial charge in [-0.1, -0.05) is 105 Å². The molecule has 0 aliphatic carbocycles. The minimum absolute atomic E-state index is 0.00896. The smallest absolute Gasteiger partial charge is 0.256 e. The van der Waals surface area contributed by atoms with Gasteiger partial charge in [-0.3, -0.25) is 0 Å². The first-order valence-electron chi connectivity index (χ1n) is 18.4. The van der Waals surface area contributed by atoms with Gasteiger partial charge in [0.2, 0.25) is 0 Å². The van der Waals surface area contributed by atoms with Crippen LogP contribution in [0.4, 0.5) is 17.1 Å². The normalized spacial score (nSPS) is 18.0. The molecule has 4 aromatic rings. The van der Waals surface area contributed by atoms with Crippen molar-refractivity contribution in [3.63, 3.8) is 0 Å². The van der Waals surface area contributed by atoms with Gasteiger partial charge in [-0.15, -0.1) is 0 Å². The van der Waals surface area contributed by atoms with E-state index < -0.39 is 23.0 Å². The molecule has 2 aliphatic heterocycles. The lowest BCUT2D eigenvalue weighted by Crippen LogP contribution is -2.59. The molecule has 0 aromatic heterocycles. The molecule has 2 aliphatic rings. The zero-order chi connectivity index (χ0) is 36.6. The van der Waals surface area contributed by atoms with Crippen molar-refractivity contribution in [1.82, 2.24) is 0 Å². The molecule has 0 unspecified atom stereocenters. The van der Waals surface area contributed by atoms with E-state index in [2.05, 4.69) is 0 Å². The topological polar surface area (TPSA) is 12.5 Å². The highest BCUT2D eigenvalue weighted by molar-refractivity contribution is 6.99. The second kappa shape index (κ2) is 8.52. The van der Waals surface area contributed by atoms with Gasteiger partial charge in [-0.25, -0.2) is 0 Å². The van der Waals surface area contributed by atoms with Crippen LogP contribution in [0.5, 0.6) is 11.5 Å².